The molecule has 20 heavy (non-hydrogen) atoms. The van der Waals surface area contributed by atoms with Crippen molar-refractivity contribution in [2.24, 2.45) is 0 Å². The number of carbonyl (C=O) groups excluding carboxylic acids is 1. The third kappa shape index (κ3) is 4.35. The van der Waals surface area contributed by atoms with E-state index in [0.29, 0.717) is 12.2 Å². The predicted molar refractivity (Wildman–Crippen MR) is 79.2 cm³/mol. The monoisotopic (exact) mass is 277 g/mol. The summed E-state index contributed by atoms with van der Waals surface area (Å²) in [7, 11) is 1.58. The standard InChI is InChI=1S/C15H22BO4/c1-6-19-13(17)11-7-9-12(10-8-11)16-20-15(4,5)14(2,3)18/h7-10,18H,6H2,1-5H3. The van der Waals surface area contributed by atoms with Gasteiger partial charge in [-0.25, -0.2) is 4.79 Å². The van der Waals surface area contributed by atoms with Crippen LogP contribution in [0.5, 0.6) is 0 Å². The Kier molecular flexibility index (Phi) is 5.37. The maximum absolute atomic E-state index is 11.5. The van der Waals surface area contributed by atoms with Gasteiger partial charge in [-0.1, -0.05) is 17.6 Å². The topological polar surface area (TPSA) is 55.8 Å². The number of aliphatic hydroxyl groups is 1. The van der Waals surface area contributed by atoms with Crippen LogP contribution in [-0.4, -0.2) is 36.4 Å². The SMILES string of the molecule is CCOC(=O)c1ccc([B]OC(C)(C)C(C)(C)O)cc1. The van der Waals surface area contributed by atoms with E-state index in [-0.39, 0.29) is 5.97 Å². The molecule has 0 heterocycles. The Morgan fingerprint density at radius 1 is 1.20 bits per heavy atom. The fraction of sp³-hybridized carbons (Fsp3) is 0.533. The second-order valence-electron chi connectivity index (χ2n) is 5.65. The van der Waals surface area contributed by atoms with Crippen LogP contribution >= 0.6 is 0 Å². The predicted octanol–water partition coefficient (Wildman–Crippen LogP) is 1.67. The van der Waals surface area contributed by atoms with Crippen molar-refractivity contribution in [3.63, 3.8) is 0 Å². The number of ether oxygens (including phenoxy) is 1. The number of benzene rings is 1. The normalized spacial score (nSPS) is 12.1. The van der Waals surface area contributed by atoms with E-state index in [9.17, 15) is 9.90 Å². The second kappa shape index (κ2) is 6.42. The van der Waals surface area contributed by atoms with Crippen LogP contribution in [0.4, 0.5) is 0 Å². The summed E-state index contributed by atoms with van der Waals surface area (Å²) in [5.41, 5.74) is -0.359. The van der Waals surface area contributed by atoms with Gasteiger partial charge in [0.2, 0.25) is 0 Å². The van der Waals surface area contributed by atoms with Gasteiger partial charge in [0.05, 0.1) is 23.4 Å². The van der Waals surface area contributed by atoms with Gasteiger partial charge in [0, 0.05) is 0 Å². The number of esters is 1. The van der Waals surface area contributed by atoms with Crippen LogP contribution in [0.25, 0.3) is 0 Å². The minimum atomic E-state index is -0.964. The number of carbonyl (C=O) groups is 1. The lowest BCUT2D eigenvalue weighted by Gasteiger charge is -2.37. The van der Waals surface area contributed by atoms with Crippen LogP contribution in [0.3, 0.4) is 0 Å². The Morgan fingerprint density at radius 2 is 1.75 bits per heavy atom. The summed E-state index contributed by atoms with van der Waals surface area (Å²) < 4.78 is 10.5. The zero-order valence-electron chi connectivity index (χ0n) is 12.8. The van der Waals surface area contributed by atoms with Crippen molar-refractivity contribution < 1.29 is 19.3 Å². The molecule has 0 spiro atoms. The van der Waals surface area contributed by atoms with Gasteiger partial charge in [-0.3, -0.25) is 0 Å². The zero-order valence-corrected chi connectivity index (χ0v) is 12.8. The molecule has 0 atom stereocenters. The van der Waals surface area contributed by atoms with Crippen LogP contribution < -0.4 is 5.46 Å². The van der Waals surface area contributed by atoms with E-state index in [1.165, 1.54) is 0 Å². The number of hydrogen-bond donors (Lipinski definition) is 1. The molecule has 4 nitrogen and oxygen atoms in total. The van der Waals surface area contributed by atoms with Crippen LogP contribution in [-0.2, 0) is 9.39 Å². The zero-order chi connectivity index (χ0) is 15.4. The van der Waals surface area contributed by atoms with Crippen molar-refractivity contribution in [3.8, 4) is 0 Å². The number of hydrogen-bond acceptors (Lipinski definition) is 4. The van der Waals surface area contributed by atoms with Crippen molar-refractivity contribution in [2.45, 2.75) is 45.8 Å². The molecule has 1 radical (unpaired) electrons. The van der Waals surface area contributed by atoms with E-state index in [0.717, 1.165) is 5.46 Å². The minimum Gasteiger partial charge on any atom is -0.462 e. The van der Waals surface area contributed by atoms with E-state index in [4.69, 9.17) is 9.39 Å². The molecule has 0 fully saturated rings. The fourth-order valence-electron chi connectivity index (χ4n) is 1.27. The highest BCUT2D eigenvalue weighted by atomic mass is 16.5. The summed E-state index contributed by atoms with van der Waals surface area (Å²) in [5.74, 6) is -0.336. The molecule has 0 saturated heterocycles. The van der Waals surface area contributed by atoms with Gasteiger partial charge >= 0.3 is 13.5 Å². The molecule has 1 rings (SSSR count). The first kappa shape index (κ1) is 16.7. The largest absolute Gasteiger partial charge is 0.462 e. The molecule has 0 aliphatic carbocycles. The first-order chi connectivity index (χ1) is 9.17. The van der Waals surface area contributed by atoms with Crippen LogP contribution in [0.1, 0.15) is 45.0 Å². The van der Waals surface area contributed by atoms with E-state index >= 15 is 0 Å². The van der Waals surface area contributed by atoms with Crippen molar-refractivity contribution in [1.29, 1.82) is 0 Å². The molecule has 0 aliphatic heterocycles. The van der Waals surface area contributed by atoms with Gasteiger partial charge in [0.1, 0.15) is 0 Å². The van der Waals surface area contributed by atoms with Crippen molar-refractivity contribution in [2.75, 3.05) is 6.61 Å². The van der Waals surface area contributed by atoms with Gasteiger partial charge < -0.3 is 14.5 Å². The maximum atomic E-state index is 11.5. The van der Waals surface area contributed by atoms with Gasteiger partial charge in [-0.2, -0.15) is 0 Å². The van der Waals surface area contributed by atoms with Crippen LogP contribution in [0.2, 0.25) is 0 Å². The summed E-state index contributed by atoms with van der Waals surface area (Å²) in [6, 6.07) is 6.91. The molecule has 0 aromatic heterocycles. The van der Waals surface area contributed by atoms with Gasteiger partial charge in [0.25, 0.3) is 0 Å². The summed E-state index contributed by atoms with van der Waals surface area (Å²) in [5, 5.41) is 9.99. The summed E-state index contributed by atoms with van der Waals surface area (Å²) in [6.45, 7) is 9.16. The maximum Gasteiger partial charge on any atom is 0.338 e. The minimum absolute atomic E-state index is 0.336. The molecular formula is C15H22BO4. The molecule has 1 aromatic rings. The van der Waals surface area contributed by atoms with E-state index in [2.05, 4.69) is 0 Å². The van der Waals surface area contributed by atoms with Gasteiger partial charge in [-0.15, -0.1) is 0 Å². The fourth-order valence-corrected chi connectivity index (χ4v) is 1.27. The number of rotatable bonds is 6. The van der Waals surface area contributed by atoms with Crippen molar-refractivity contribution >= 4 is 18.9 Å². The lowest BCUT2D eigenvalue weighted by molar-refractivity contribution is -0.0893. The summed E-state index contributed by atoms with van der Waals surface area (Å²) in [6.07, 6.45) is 0. The van der Waals surface area contributed by atoms with E-state index in [1.54, 1.807) is 52.5 Å². The average molecular weight is 277 g/mol. The molecule has 0 unspecified atom stereocenters. The van der Waals surface area contributed by atoms with Crippen LogP contribution in [0, 0.1) is 0 Å². The Labute approximate surface area is 121 Å². The highest BCUT2D eigenvalue weighted by molar-refractivity contribution is 6.47. The molecule has 1 N–H and O–H groups in total. The van der Waals surface area contributed by atoms with E-state index in [1.807, 2.05) is 13.8 Å². The Balaban J connectivity index is 2.65. The molecule has 0 aliphatic rings. The van der Waals surface area contributed by atoms with Gasteiger partial charge in [-0.05, 0) is 46.8 Å². The molecule has 5 heteroatoms. The third-order valence-corrected chi connectivity index (χ3v) is 3.38. The Morgan fingerprint density at radius 3 is 2.20 bits per heavy atom. The average Bonchev–Trinajstić information content (AvgIpc) is 2.36. The van der Waals surface area contributed by atoms with Gasteiger partial charge in [0.15, 0.2) is 0 Å². The quantitative estimate of drug-likeness (QED) is 0.635. The van der Waals surface area contributed by atoms with Crippen LogP contribution in [0.15, 0.2) is 24.3 Å². The Hall–Kier alpha value is -1.33. The highest BCUT2D eigenvalue weighted by Gasteiger charge is 2.35. The van der Waals surface area contributed by atoms with E-state index < -0.39 is 11.2 Å². The lowest BCUT2D eigenvalue weighted by Crippen LogP contribution is -2.49. The molecule has 109 valence electrons. The molecule has 0 saturated carbocycles. The molecule has 1 aromatic carbocycles. The molecule has 0 bridgehead atoms. The summed E-state index contributed by atoms with van der Waals surface area (Å²) in [4.78, 5) is 11.5. The first-order valence-electron chi connectivity index (χ1n) is 6.68. The first-order valence-corrected chi connectivity index (χ1v) is 6.68. The van der Waals surface area contributed by atoms with Crippen molar-refractivity contribution in [1.82, 2.24) is 0 Å². The lowest BCUT2D eigenvalue weighted by atomic mass is 9.82. The summed E-state index contributed by atoms with van der Waals surface area (Å²) >= 11 is 0. The molecule has 0 amide bonds. The van der Waals surface area contributed by atoms with Crippen molar-refractivity contribution in [3.05, 3.63) is 29.8 Å². The second-order valence-corrected chi connectivity index (χ2v) is 5.65. The highest BCUT2D eigenvalue weighted by Crippen LogP contribution is 2.24. The Bertz CT molecular complexity index is 446. The third-order valence-electron chi connectivity index (χ3n) is 3.38. The molecular weight excluding hydrogens is 255 g/mol. The smallest absolute Gasteiger partial charge is 0.338 e.